The number of aryl methyl sites for hydroxylation is 2. The molecular formula is C21H22N2O3S. The largest absolute Gasteiger partial charge is 0.494 e. The summed E-state index contributed by atoms with van der Waals surface area (Å²) in [5.74, 6) is 0.612. The minimum Gasteiger partial charge on any atom is -0.494 e. The third-order valence-electron chi connectivity index (χ3n) is 4.93. The Hall–Kier alpha value is -2.60. The molecule has 140 valence electrons. The van der Waals surface area contributed by atoms with Crippen molar-refractivity contribution in [3.63, 3.8) is 0 Å². The van der Waals surface area contributed by atoms with Gasteiger partial charge in [0.25, 0.3) is 0 Å². The number of nitrogens with zero attached hydrogens (tertiary/aromatic N) is 2. The molecule has 4 rings (SSSR count). The van der Waals surface area contributed by atoms with Crippen LogP contribution in [0, 0.1) is 13.8 Å². The van der Waals surface area contributed by atoms with Crippen LogP contribution in [-0.2, 0) is 16.0 Å². The second-order valence-electron chi connectivity index (χ2n) is 6.92. The Balaban J connectivity index is 1.34. The van der Waals surface area contributed by atoms with E-state index in [0.717, 1.165) is 26.7 Å². The summed E-state index contributed by atoms with van der Waals surface area (Å²) in [6.45, 7) is 5.49. The highest BCUT2D eigenvalue weighted by atomic mass is 32.1. The summed E-state index contributed by atoms with van der Waals surface area (Å²) in [6.07, 6.45) is 0.244. The Morgan fingerprint density at radius 3 is 2.78 bits per heavy atom. The number of carbonyl (C=O) groups excluding carboxylic acids is 1. The van der Waals surface area contributed by atoms with Crippen molar-refractivity contribution in [2.24, 2.45) is 0 Å². The summed E-state index contributed by atoms with van der Waals surface area (Å²) >= 11 is 1.63. The molecule has 0 amide bonds. The molecule has 0 bridgehead atoms. The van der Waals surface area contributed by atoms with Gasteiger partial charge in [-0.3, -0.25) is 4.79 Å². The van der Waals surface area contributed by atoms with Gasteiger partial charge in [-0.25, -0.2) is 4.98 Å². The first-order valence-electron chi connectivity index (χ1n) is 8.97. The lowest BCUT2D eigenvalue weighted by molar-refractivity contribution is -0.149. The van der Waals surface area contributed by atoms with Crippen LogP contribution in [0.15, 0.2) is 36.4 Å². The zero-order chi connectivity index (χ0) is 19.0. The summed E-state index contributed by atoms with van der Waals surface area (Å²) in [7, 11) is 1.66. The van der Waals surface area contributed by atoms with Crippen LogP contribution in [0.4, 0.5) is 5.13 Å². The quantitative estimate of drug-likeness (QED) is 0.627. The maximum atomic E-state index is 12.2. The maximum absolute atomic E-state index is 12.2. The zero-order valence-corrected chi connectivity index (χ0v) is 16.5. The minimum atomic E-state index is -0.172. The molecule has 0 aliphatic carbocycles. The molecule has 0 unspecified atom stereocenters. The van der Waals surface area contributed by atoms with E-state index in [4.69, 9.17) is 9.47 Å². The molecule has 5 nitrogen and oxygen atoms in total. The number of thiazole rings is 1. The molecule has 1 aliphatic rings. The van der Waals surface area contributed by atoms with Crippen LogP contribution in [0.3, 0.4) is 0 Å². The highest BCUT2D eigenvalue weighted by molar-refractivity contribution is 7.22. The maximum Gasteiger partial charge on any atom is 0.310 e. The number of carbonyl (C=O) groups is 1. The van der Waals surface area contributed by atoms with Gasteiger partial charge in [0.15, 0.2) is 5.13 Å². The Labute approximate surface area is 162 Å². The summed E-state index contributed by atoms with van der Waals surface area (Å²) in [4.78, 5) is 19.0. The average Bonchev–Trinajstić information content (AvgIpc) is 3.04. The number of aromatic nitrogens is 1. The number of anilines is 1. The van der Waals surface area contributed by atoms with Crippen molar-refractivity contribution in [1.82, 2.24) is 4.98 Å². The molecule has 1 aliphatic heterocycles. The first-order valence-corrected chi connectivity index (χ1v) is 9.79. The SMILES string of the molecule is COc1cccc2sc(N3CC(OC(=O)Cc4ccc(C)c(C)c4)C3)nc12. The van der Waals surface area contributed by atoms with E-state index in [2.05, 4.69) is 29.8 Å². The fraction of sp³-hybridized carbons (Fsp3) is 0.333. The van der Waals surface area contributed by atoms with Gasteiger partial charge in [0.1, 0.15) is 17.4 Å². The van der Waals surface area contributed by atoms with E-state index in [9.17, 15) is 4.79 Å². The number of esters is 1. The second kappa shape index (κ2) is 7.19. The Morgan fingerprint density at radius 2 is 2.04 bits per heavy atom. The first-order chi connectivity index (χ1) is 13.0. The van der Waals surface area contributed by atoms with Gasteiger partial charge in [-0.15, -0.1) is 0 Å². The molecule has 1 saturated heterocycles. The molecule has 6 heteroatoms. The molecule has 2 heterocycles. The summed E-state index contributed by atoms with van der Waals surface area (Å²) in [5.41, 5.74) is 4.31. The number of hydrogen-bond donors (Lipinski definition) is 0. The molecule has 1 fully saturated rings. The topological polar surface area (TPSA) is 51.7 Å². The molecule has 0 spiro atoms. The summed E-state index contributed by atoms with van der Waals surface area (Å²) < 4.78 is 12.1. The fourth-order valence-corrected chi connectivity index (χ4v) is 4.19. The monoisotopic (exact) mass is 382 g/mol. The molecule has 0 atom stereocenters. The van der Waals surface area contributed by atoms with Crippen LogP contribution in [0.2, 0.25) is 0 Å². The van der Waals surface area contributed by atoms with E-state index >= 15 is 0 Å². The number of para-hydroxylation sites is 1. The van der Waals surface area contributed by atoms with Gasteiger partial charge in [-0.05, 0) is 42.7 Å². The number of methoxy groups -OCH3 is 1. The van der Waals surface area contributed by atoms with E-state index in [0.29, 0.717) is 19.5 Å². The van der Waals surface area contributed by atoms with Crippen molar-refractivity contribution in [2.45, 2.75) is 26.4 Å². The van der Waals surface area contributed by atoms with Crippen molar-refractivity contribution in [3.8, 4) is 5.75 Å². The van der Waals surface area contributed by atoms with Crippen molar-refractivity contribution >= 4 is 32.7 Å². The van der Waals surface area contributed by atoms with Crippen LogP contribution < -0.4 is 9.64 Å². The molecule has 0 N–H and O–H groups in total. The lowest BCUT2D eigenvalue weighted by atomic mass is 10.0. The van der Waals surface area contributed by atoms with E-state index in [1.807, 2.05) is 30.3 Å². The van der Waals surface area contributed by atoms with E-state index < -0.39 is 0 Å². The lowest BCUT2D eigenvalue weighted by Crippen LogP contribution is -2.53. The normalized spacial score (nSPS) is 14.3. The molecular weight excluding hydrogens is 360 g/mol. The summed E-state index contributed by atoms with van der Waals surface area (Å²) in [5, 5.41) is 0.941. The van der Waals surface area contributed by atoms with Crippen LogP contribution in [0.5, 0.6) is 5.75 Å². The van der Waals surface area contributed by atoms with E-state index in [1.54, 1.807) is 18.4 Å². The van der Waals surface area contributed by atoms with Gasteiger partial charge in [-0.2, -0.15) is 0 Å². The summed E-state index contributed by atoms with van der Waals surface area (Å²) in [6, 6.07) is 12.0. The van der Waals surface area contributed by atoms with Gasteiger partial charge in [0.05, 0.1) is 31.3 Å². The predicted molar refractivity (Wildman–Crippen MR) is 108 cm³/mol. The third-order valence-corrected chi connectivity index (χ3v) is 6.01. The molecule has 27 heavy (non-hydrogen) atoms. The van der Waals surface area contributed by atoms with Crippen LogP contribution >= 0.6 is 11.3 Å². The minimum absolute atomic E-state index is 0.0713. The number of rotatable bonds is 5. The molecule has 2 aromatic carbocycles. The van der Waals surface area contributed by atoms with Crippen molar-refractivity contribution in [3.05, 3.63) is 53.1 Å². The second-order valence-corrected chi connectivity index (χ2v) is 7.92. The average molecular weight is 382 g/mol. The highest BCUT2D eigenvalue weighted by Gasteiger charge is 2.32. The number of fused-ring (bicyclic) bond motifs is 1. The highest BCUT2D eigenvalue weighted by Crippen LogP contribution is 2.35. The van der Waals surface area contributed by atoms with Gasteiger partial charge >= 0.3 is 5.97 Å². The number of hydrogen-bond acceptors (Lipinski definition) is 6. The number of benzene rings is 2. The molecule has 1 aromatic heterocycles. The Kier molecular flexibility index (Phi) is 4.74. The third kappa shape index (κ3) is 3.62. The first kappa shape index (κ1) is 17.8. The van der Waals surface area contributed by atoms with Crippen LogP contribution in [0.1, 0.15) is 16.7 Å². The van der Waals surface area contributed by atoms with E-state index in [1.165, 1.54) is 11.1 Å². The Morgan fingerprint density at radius 1 is 1.22 bits per heavy atom. The van der Waals surface area contributed by atoms with Crippen molar-refractivity contribution < 1.29 is 14.3 Å². The van der Waals surface area contributed by atoms with Crippen LogP contribution in [0.25, 0.3) is 10.2 Å². The molecule has 0 saturated carbocycles. The van der Waals surface area contributed by atoms with Crippen LogP contribution in [-0.4, -0.2) is 37.3 Å². The zero-order valence-electron chi connectivity index (χ0n) is 15.7. The van der Waals surface area contributed by atoms with Crippen molar-refractivity contribution in [1.29, 1.82) is 0 Å². The fourth-order valence-electron chi connectivity index (χ4n) is 3.19. The van der Waals surface area contributed by atoms with Gasteiger partial charge < -0.3 is 14.4 Å². The molecule has 3 aromatic rings. The van der Waals surface area contributed by atoms with Gasteiger partial charge in [0, 0.05) is 0 Å². The predicted octanol–water partition coefficient (Wildman–Crippen LogP) is 3.90. The van der Waals surface area contributed by atoms with Gasteiger partial charge in [-0.1, -0.05) is 35.6 Å². The van der Waals surface area contributed by atoms with Gasteiger partial charge in [0.2, 0.25) is 0 Å². The standard InChI is InChI=1S/C21H22N2O3S/c1-13-7-8-15(9-14(13)2)10-19(24)26-16-11-23(12-16)21-22-20-17(25-3)5-4-6-18(20)27-21/h4-9,16H,10-12H2,1-3H3. The van der Waals surface area contributed by atoms with E-state index in [-0.39, 0.29) is 12.1 Å². The van der Waals surface area contributed by atoms with Crippen molar-refractivity contribution in [2.75, 3.05) is 25.1 Å². The number of ether oxygens (including phenoxy) is 2. The lowest BCUT2D eigenvalue weighted by Gasteiger charge is -2.38. The smallest absolute Gasteiger partial charge is 0.310 e. The Bertz CT molecular complexity index is 992. The molecule has 0 radical (unpaired) electrons.